The molecule has 0 aliphatic carbocycles. The van der Waals surface area contributed by atoms with Crippen LogP contribution in [-0.4, -0.2) is 60.1 Å². The zero-order chi connectivity index (χ0) is 16.4. The van der Waals surface area contributed by atoms with Gasteiger partial charge in [-0.15, -0.1) is 0 Å². The van der Waals surface area contributed by atoms with Crippen molar-refractivity contribution in [2.24, 2.45) is 5.10 Å². The molecule has 0 unspecified atom stereocenters. The Morgan fingerprint density at radius 3 is 2.55 bits per heavy atom. The molecule has 0 saturated heterocycles. The molecule has 0 aromatic rings. The summed E-state index contributed by atoms with van der Waals surface area (Å²) in [6, 6.07) is 0. The lowest BCUT2D eigenvalue weighted by Crippen LogP contribution is -2.21. The molecule has 0 spiro atoms. The fourth-order valence-electron chi connectivity index (χ4n) is 2.26. The smallest absolute Gasteiger partial charge is 0.359 e. The lowest BCUT2D eigenvalue weighted by atomic mass is 10.1. The highest BCUT2D eigenvalue weighted by Crippen LogP contribution is 2.23. The zero-order valence-electron chi connectivity index (χ0n) is 13.5. The van der Waals surface area contributed by atoms with Gasteiger partial charge in [0.1, 0.15) is 5.82 Å². The van der Waals surface area contributed by atoms with E-state index < -0.39 is 5.97 Å². The third kappa shape index (κ3) is 2.74. The molecule has 0 saturated carbocycles. The number of carbonyl (C=O) groups is 2. The predicted octanol–water partition coefficient (Wildman–Crippen LogP) is 0.884. The van der Waals surface area contributed by atoms with Gasteiger partial charge in [0.15, 0.2) is 5.71 Å². The van der Waals surface area contributed by atoms with Crippen LogP contribution in [0.15, 0.2) is 40.5 Å². The van der Waals surface area contributed by atoms with E-state index in [1.54, 1.807) is 19.1 Å². The first-order valence-electron chi connectivity index (χ1n) is 6.98. The Balaban J connectivity index is 2.31. The summed E-state index contributed by atoms with van der Waals surface area (Å²) in [6.45, 7) is 3.93. The molecule has 7 nitrogen and oxygen atoms in total. The first kappa shape index (κ1) is 15.8. The van der Waals surface area contributed by atoms with Crippen LogP contribution in [0.2, 0.25) is 0 Å². The summed E-state index contributed by atoms with van der Waals surface area (Å²) in [5.41, 5.74) is 1.36. The number of ether oxygens (including phenoxy) is 1. The highest BCUT2D eigenvalue weighted by Gasteiger charge is 2.33. The van der Waals surface area contributed by atoms with Crippen LogP contribution >= 0.6 is 0 Å². The van der Waals surface area contributed by atoms with Crippen molar-refractivity contribution >= 4 is 17.6 Å². The van der Waals surface area contributed by atoms with Gasteiger partial charge in [-0.2, -0.15) is 5.10 Å². The van der Waals surface area contributed by atoms with Crippen LogP contribution < -0.4 is 0 Å². The summed E-state index contributed by atoms with van der Waals surface area (Å²) in [5, 5.41) is 5.10. The third-order valence-electron chi connectivity index (χ3n) is 3.51. The van der Waals surface area contributed by atoms with Crippen LogP contribution in [0.4, 0.5) is 0 Å². The van der Waals surface area contributed by atoms with Gasteiger partial charge in [-0.1, -0.05) is 0 Å². The summed E-state index contributed by atoms with van der Waals surface area (Å²) in [6.07, 6.45) is 5.37. The van der Waals surface area contributed by atoms with Crippen LogP contribution in [0, 0.1) is 0 Å². The fraction of sp³-hybridized carbons (Fsp3) is 0.400. The van der Waals surface area contributed by atoms with E-state index in [0.717, 1.165) is 16.5 Å². The van der Waals surface area contributed by atoms with E-state index in [4.69, 9.17) is 4.74 Å². The molecule has 1 amide bonds. The lowest BCUT2D eigenvalue weighted by molar-refractivity contribution is -0.135. The SMILES string of the molecule is CCOC(=O)C1=NN(C)C(=O)/C1=C/C=C1\N(C)C=C(C)N1C. The van der Waals surface area contributed by atoms with E-state index in [-0.39, 0.29) is 23.8 Å². The number of amides is 1. The number of hydrogen-bond donors (Lipinski definition) is 0. The third-order valence-corrected chi connectivity index (χ3v) is 3.51. The van der Waals surface area contributed by atoms with Gasteiger partial charge in [0, 0.05) is 33.0 Å². The van der Waals surface area contributed by atoms with Crippen molar-refractivity contribution in [2.75, 3.05) is 27.7 Å². The van der Waals surface area contributed by atoms with Gasteiger partial charge in [0.05, 0.1) is 12.2 Å². The van der Waals surface area contributed by atoms with Crippen LogP contribution in [0.3, 0.4) is 0 Å². The molecule has 2 rings (SSSR count). The molecule has 0 fully saturated rings. The standard InChI is InChI=1S/C15H20N4O3/c1-6-22-15(21)13-11(14(20)19(5)16-13)7-8-12-17(3)9-10(2)18(12)4/h7-9H,6H2,1-5H3/b11-7+,12-8+. The second-order valence-corrected chi connectivity index (χ2v) is 5.04. The molecule has 0 atom stereocenters. The zero-order valence-corrected chi connectivity index (χ0v) is 13.5. The molecule has 0 bridgehead atoms. The van der Waals surface area contributed by atoms with Crippen LogP contribution in [0.25, 0.3) is 0 Å². The van der Waals surface area contributed by atoms with Crippen LogP contribution in [0.5, 0.6) is 0 Å². The van der Waals surface area contributed by atoms with E-state index in [1.165, 1.54) is 7.05 Å². The monoisotopic (exact) mass is 304 g/mol. The summed E-state index contributed by atoms with van der Waals surface area (Å²) in [5.74, 6) is -0.0178. The van der Waals surface area contributed by atoms with E-state index in [9.17, 15) is 9.59 Å². The van der Waals surface area contributed by atoms with Crippen molar-refractivity contribution in [3.63, 3.8) is 0 Å². The summed E-state index contributed by atoms with van der Waals surface area (Å²) >= 11 is 0. The summed E-state index contributed by atoms with van der Waals surface area (Å²) in [7, 11) is 5.36. The minimum atomic E-state index is -0.590. The van der Waals surface area contributed by atoms with E-state index in [0.29, 0.717) is 0 Å². The molecule has 0 aromatic heterocycles. The Hall–Kier alpha value is -2.57. The number of nitrogens with zero attached hydrogens (tertiary/aromatic N) is 4. The Morgan fingerprint density at radius 2 is 2.00 bits per heavy atom. The number of likely N-dealkylation sites (N-methyl/N-ethyl adjacent to an activating group) is 1. The molecule has 7 heteroatoms. The molecule has 22 heavy (non-hydrogen) atoms. The summed E-state index contributed by atoms with van der Waals surface area (Å²) < 4.78 is 4.94. The average Bonchev–Trinajstić information content (AvgIpc) is 2.87. The number of hydrogen-bond acceptors (Lipinski definition) is 6. The van der Waals surface area contributed by atoms with E-state index >= 15 is 0 Å². The van der Waals surface area contributed by atoms with Gasteiger partial charge in [-0.05, 0) is 26.0 Å². The second kappa shape index (κ2) is 6.05. The maximum absolute atomic E-state index is 12.1. The normalized spacial score (nSPS) is 21.9. The molecule has 118 valence electrons. The van der Waals surface area contributed by atoms with Gasteiger partial charge in [0.2, 0.25) is 0 Å². The largest absolute Gasteiger partial charge is 0.461 e. The molecule has 2 heterocycles. The van der Waals surface area contributed by atoms with Crippen molar-refractivity contribution < 1.29 is 14.3 Å². The summed E-state index contributed by atoms with van der Waals surface area (Å²) in [4.78, 5) is 28.0. The molecule has 0 aromatic carbocycles. The highest BCUT2D eigenvalue weighted by molar-refractivity contribution is 6.51. The molecular formula is C15H20N4O3. The lowest BCUT2D eigenvalue weighted by Gasteiger charge is -2.18. The first-order valence-corrected chi connectivity index (χ1v) is 6.98. The maximum Gasteiger partial charge on any atom is 0.359 e. The topological polar surface area (TPSA) is 65.5 Å². The highest BCUT2D eigenvalue weighted by atomic mass is 16.5. The van der Waals surface area contributed by atoms with Gasteiger partial charge in [-0.25, -0.2) is 9.80 Å². The van der Waals surface area contributed by atoms with Gasteiger partial charge in [0.25, 0.3) is 5.91 Å². The van der Waals surface area contributed by atoms with Gasteiger partial charge in [-0.3, -0.25) is 4.79 Å². The Bertz CT molecular complexity index is 631. The van der Waals surface area contributed by atoms with Gasteiger partial charge >= 0.3 is 5.97 Å². The molecule has 0 N–H and O–H groups in total. The molecule has 2 aliphatic heterocycles. The van der Waals surface area contributed by atoms with E-state index in [1.807, 2.05) is 37.0 Å². The van der Waals surface area contributed by atoms with Crippen molar-refractivity contribution in [3.05, 3.63) is 35.4 Å². The Kier molecular flexibility index (Phi) is 4.35. The van der Waals surface area contributed by atoms with Crippen molar-refractivity contribution in [1.29, 1.82) is 0 Å². The van der Waals surface area contributed by atoms with Crippen molar-refractivity contribution in [1.82, 2.24) is 14.8 Å². The predicted molar refractivity (Wildman–Crippen MR) is 82.3 cm³/mol. The van der Waals surface area contributed by atoms with E-state index in [2.05, 4.69) is 5.10 Å². The number of allylic oxidation sites excluding steroid dienone is 3. The molecule has 2 aliphatic rings. The second-order valence-electron chi connectivity index (χ2n) is 5.04. The fourth-order valence-corrected chi connectivity index (χ4v) is 2.26. The Labute approximate surface area is 129 Å². The van der Waals surface area contributed by atoms with Crippen LogP contribution in [-0.2, 0) is 14.3 Å². The molecular weight excluding hydrogens is 284 g/mol. The Morgan fingerprint density at radius 1 is 1.32 bits per heavy atom. The number of esters is 1. The minimum absolute atomic E-state index is 0.0409. The van der Waals surface area contributed by atoms with Crippen molar-refractivity contribution in [3.8, 4) is 0 Å². The van der Waals surface area contributed by atoms with Gasteiger partial charge < -0.3 is 14.5 Å². The van der Waals surface area contributed by atoms with Crippen molar-refractivity contribution in [2.45, 2.75) is 13.8 Å². The quantitative estimate of drug-likeness (QED) is 0.572. The number of rotatable bonds is 3. The number of carbonyl (C=O) groups excluding carboxylic acids is 2. The average molecular weight is 304 g/mol. The first-order chi connectivity index (χ1) is 10.4. The van der Waals surface area contributed by atoms with Crippen LogP contribution in [0.1, 0.15) is 13.8 Å². The number of hydrazone groups is 1. The minimum Gasteiger partial charge on any atom is -0.461 e. The maximum atomic E-state index is 12.1. The molecule has 0 radical (unpaired) electrons.